The first kappa shape index (κ1) is 23.2. The van der Waals surface area contributed by atoms with E-state index in [2.05, 4.69) is 20.8 Å². The van der Waals surface area contributed by atoms with Crippen LogP contribution in [0.4, 0.5) is 0 Å². The van der Waals surface area contributed by atoms with Gasteiger partial charge in [0.25, 0.3) is 0 Å². The Balaban J connectivity index is 0. The summed E-state index contributed by atoms with van der Waals surface area (Å²) in [5, 5.41) is 0. The number of nitrogens with zero attached hydrogens (tertiary/aromatic N) is 1. The van der Waals surface area contributed by atoms with E-state index in [-0.39, 0.29) is 24.0 Å². The van der Waals surface area contributed by atoms with Crippen LogP contribution in [0.25, 0.3) is 0 Å². The van der Waals surface area contributed by atoms with Crippen molar-refractivity contribution in [3.05, 3.63) is 0 Å². The maximum atomic E-state index is 6.10. The van der Waals surface area contributed by atoms with E-state index in [9.17, 15) is 0 Å². The Morgan fingerprint density at radius 3 is 1.55 bits per heavy atom. The minimum atomic E-state index is 0. The lowest BCUT2D eigenvalue weighted by molar-refractivity contribution is -0.926. The molecule has 0 amide bonds. The molecule has 0 rings (SSSR count). The van der Waals surface area contributed by atoms with Gasteiger partial charge in [-0.1, -0.05) is 46.5 Å². The molecule has 0 spiro atoms. The van der Waals surface area contributed by atoms with Crippen LogP contribution in [0.3, 0.4) is 0 Å². The zero-order valence-electron chi connectivity index (χ0n) is 14.1. The molecule has 1 nitrogen and oxygen atoms in total. The number of hydrogen-bond donors (Lipinski definition) is 0. The van der Waals surface area contributed by atoms with E-state index in [1.54, 1.807) is 0 Å². The number of quaternary nitrogens is 1. The van der Waals surface area contributed by atoms with Crippen LogP contribution in [0.15, 0.2) is 0 Å². The number of rotatable bonds is 14. The third-order valence-electron chi connectivity index (χ3n) is 4.27. The highest BCUT2D eigenvalue weighted by molar-refractivity contribution is 6.17. The molecular weight excluding hydrogens is 381 g/mol. The van der Waals surface area contributed by atoms with Gasteiger partial charge in [0.15, 0.2) is 0 Å². The molecule has 0 saturated heterocycles. The predicted molar refractivity (Wildman–Crippen MR) is 89.0 cm³/mol. The van der Waals surface area contributed by atoms with Crippen molar-refractivity contribution in [2.75, 3.05) is 32.1 Å². The standard InChI is InChI=1S/C17H37ClN.HI/c1-4-7-10-12-16-19(17-13-18,14-9-6-3)15-11-8-5-2;/h4-17H2,1-3H3;1H/q+1;/p-1. The van der Waals surface area contributed by atoms with Crippen molar-refractivity contribution in [3.8, 4) is 0 Å². The molecule has 0 bridgehead atoms. The van der Waals surface area contributed by atoms with Gasteiger partial charge in [-0.05, 0) is 32.1 Å². The van der Waals surface area contributed by atoms with Crippen LogP contribution in [0.1, 0.15) is 78.6 Å². The summed E-state index contributed by atoms with van der Waals surface area (Å²) in [6.07, 6.45) is 12.3. The van der Waals surface area contributed by atoms with E-state index in [1.807, 2.05) is 0 Å². The Kier molecular flexibility index (Phi) is 19.0. The van der Waals surface area contributed by atoms with Crippen molar-refractivity contribution >= 4 is 11.6 Å². The fraction of sp³-hybridized carbons (Fsp3) is 1.00. The summed E-state index contributed by atoms with van der Waals surface area (Å²) in [6, 6.07) is 0. The quantitative estimate of drug-likeness (QED) is 0.176. The van der Waals surface area contributed by atoms with Crippen molar-refractivity contribution in [1.29, 1.82) is 0 Å². The van der Waals surface area contributed by atoms with Gasteiger partial charge in [0.2, 0.25) is 0 Å². The summed E-state index contributed by atoms with van der Waals surface area (Å²) >= 11 is 6.10. The van der Waals surface area contributed by atoms with Crippen LogP contribution in [0, 0.1) is 0 Å². The van der Waals surface area contributed by atoms with E-state index in [0.717, 1.165) is 5.88 Å². The number of hydrogen-bond acceptors (Lipinski definition) is 0. The molecule has 0 aliphatic rings. The molecule has 0 aliphatic carbocycles. The Morgan fingerprint density at radius 2 is 1.05 bits per heavy atom. The molecule has 0 aromatic heterocycles. The minimum absolute atomic E-state index is 0. The van der Waals surface area contributed by atoms with E-state index < -0.39 is 0 Å². The number of unbranched alkanes of at least 4 members (excludes halogenated alkanes) is 6. The molecular formula is C17H37ClIN. The second-order valence-electron chi connectivity index (χ2n) is 6.05. The molecule has 0 saturated carbocycles. The van der Waals surface area contributed by atoms with Crippen LogP contribution in [-0.2, 0) is 0 Å². The Bertz CT molecular complexity index is 190. The normalized spacial score (nSPS) is 13.8. The maximum absolute atomic E-state index is 6.10. The fourth-order valence-electron chi connectivity index (χ4n) is 2.91. The second kappa shape index (κ2) is 16.4. The van der Waals surface area contributed by atoms with Gasteiger partial charge in [-0.15, -0.1) is 11.6 Å². The van der Waals surface area contributed by atoms with Gasteiger partial charge in [-0.25, -0.2) is 0 Å². The second-order valence-corrected chi connectivity index (χ2v) is 6.42. The van der Waals surface area contributed by atoms with Gasteiger partial charge in [0.1, 0.15) is 0 Å². The average Bonchev–Trinajstić information content (AvgIpc) is 2.42. The summed E-state index contributed by atoms with van der Waals surface area (Å²) in [5.41, 5.74) is 0. The summed E-state index contributed by atoms with van der Waals surface area (Å²) in [6.45, 7) is 12.1. The van der Waals surface area contributed by atoms with Crippen LogP contribution in [-0.4, -0.2) is 36.5 Å². The highest BCUT2D eigenvalue weighted by Crippen LogP contribution is 2.16. The van der Waals surface area contributed by atoms with Gasteiger partial charge < -0.3 is 28.5 Å². The molecule has 1 atom stereocenters. The molecule has 0 aliphatic heterocycles. The molecule has 0 N–H and O–H groups in total. The van der Waals surface area contributed by atoms with E-state index in [1.165, 1.54) is 88.4 Å². The average molecular weight is 418 g/mol. The van der Waals surface area contributed by atoms with E-state index >= 15 is 0 Å². The van der Waals surface area contributed by atoms with Crippen LogP contribution in [0.2, 0.25) is 0 Å². The molecule has 1 unspecified atom stereocenters. The molecule has 0 radical (unpaired) electrons. The lowest BCUT2D eigenvalue weighted by atomic mass is 10.1. The Labute approximate surface area is 150 Å². The van der Waals surface area contributed by atoms with Gasteiger partial charge in [-0.3, -0.25) is 0 Å². The highest BCUT2D eigenvalue weighted by atomic mass is 127. The van der Waals surface area contributed by atoms with Crippen LogP contribution in [0.5, 0.6) is 0 Å². The summed E-state index contributed by atoms with van der Waals surface area (Å²) in [4.78, 5) is 0. The summed E-state index contributed by atoms with van der Waals surface area (Å²) < 4.78 is 1.29. The monoisotopic (exact) mass is 417 g/mol. The fourth-order valence-corrected chi connectivity index (χ4v) is 3.27. The third kappa shape index (κ3) is 11.6. The molecule has 0 aromatic carbocycles. The lowest BCUT2D eigenvalue weighted by Crippen LogP contribution is -3.00. The number of alkyl halides is 1. The van der Waals surface area contributed by atoms with Crippen molar-refractivity contribution in [2.24, 2.45) is 0 Å². The molecule has 3 heteroatoms. The van der Waals surface area contributed by atoms with Crippen molar-refractivity contribution in [2.45, 2.75) is 78.6 Å². The molecule has 0 heterocycles. The Hall–Kier alpha value is 0.980. The van der Waals surface area contributed by atoms with Gasteiger partial charge >= 0.3 is 0 Å². The molecule has 124 valence electrons. The van der Waals surface area contributed by atoms with Crippen LogP contribution < -0.4 is 24.0 Å². The van der Waals surface area contributed by atoms with Crippen molar-refractivity contribution in [3.63, 3.8) is 0 Å². The lowest BCUT2D eigenvalue weighted by Gasteiger charge is -2.39. The first-order valence-corrected chi connectivity index (χ1v) is 9.19. The van der Waals surface area contributed by atoms with E-state index in [4.69, 9.17) is 11.6 Å². The van der Waals surface area contributed by atoms with Crippen molar-refractivity contribution < 1.29 is 28.5 Å². The van der Waals surface area contributed by atoms with Gasteiger partial charge in [0.05, 0.1) is 32.1 Å². The highest BCUT2D eigenvalue weighted by Gasteiger charge is 2.25. The predicted octanol–water partition coefficient (Wildman–Crippen LogP) is 2.62. The summed E-state index contributed by atoms with van der Waals surface area (Å²) in [5.74, 6) is 0.823. The minimum Gasteiger partial charge on any atom is -1.00 e. The Morgan fingerprint density at radius 1 is 0.600 bits per heavy atom. The first-order valence-electron chi connectivity index (χ1n) is 8.65. The molecule has 20 heavy (non-hydrogen) atoms. The van der Waals surface area contributed by atoms with E-state index in [0.29, 0.717) is 0 Å². The molecule has 0 aromatic rings. The van der Waals surface area contributed by atoms with Gasteiger partial charge in [-0.2, -0.15) is 0 Å². The maximum Gasteiger partial charge on any atom is 0.0924 e. The topological polar surface area (TPSA) is 0 Å². The molecule has 0 fully saturated rings. The third-order valence-corrected chi connectivity index (χ3v) is 4.44. The number of halogens is 2. The van der Waals surface area contributed by atoms with Crippen LogP contribution >= 0.6 is 11.6 Å². The van der Waals surface area contributed by atoms with Gasteiger partial charge in [0, 0.05) is 0 Å². The first-order chi connectivity index (χ1) is 9.24. The zero-order chi connectivity index (χ0) is 14.4. The smallest absolute Gasteiger partial charge is 0.0924 e. The largest absolute Gasteiger partial charge is 1.00 e. The SMILES string of the molecule is CCCCCC[N+](CCCl)(CCCC)CCCCC.[I-]. The zero-order valence-corrected chi connectivity index (χ0v) is 17.0. The summed E-state index contributed by atoms with van der Waals surface area (Å²) in [7, 11) is 0. The van der Waals surface area contributed by atoms with Crippen molar-refractivity contribution in [1.82, 2.24) is 0 Å².